The van der Waals surface area contributed by atoms with E-state index in [9.17, 15) is 10.2 Å². The number of aliphatic hydroxyl groups excluding tert-OH is 1. The Hall–Kier alpha value is -2.72. The van der Waals surface area contributed by atoms with E-state index >= 15 is 0 Å². The Morgan fingerprint density at radius 3 is 2.29 bits per heavy atom. The van der Waals surface area contributed by atoms with Crippen LogP contribution in [0.15, 0.2) is 54.6 Å². The van der Waals surface area contributed by atoms with E-state index in [1.807, 2.05) is 30.3 Å². The number of thiophene rings is 1. The van der Waals surface area contributed by atoms with E-state index in [2.05, 4.69) is 24.4 Å². The maximum absolute atomic E-state index is 11.0. The molecule has 0 radical (unpaired) electrons. The van der Waals surface area contributed by atoms with E-state index < -0.39 is 0 Å². The first-order valence-corrected chi connectivity index (χ1v) is 8.61. The third-order valence-electron chi connectivity index (χ3n) is 4.31. The van der Waals surface area contributed by atoms with E-state index in [0.29, 0.717) is 12.3 Å². The summed E-state index contributed by atoms with van der Waals surface area (Å²) in [4.78, 5) is 1.18. The second-order valence-corrected chi connectivity index (χ2v) is 7.06. The smallest absolute Gasteiger partial charge is 0.131 e. The minimum absolute atomic E-state index is 0.222. The van der Waals surface area contributed by atoms with Gasteiger partial charge >= 0.3 is 0 Å². The van der Waals surface area contributed by atoms with Gasteiger partial charge in [-0.05, 0) is 30.2 Å². The van der Waals surface area contributed by atoms with Crippen molar-refractivity contribution in [2.24, 2.45) is 0 Å². The zero-order valence-electron chi connectivity index (χ0n) is 13.2. The van der Waals surface area contributed by atoms with Gasteiger partial charge in [0.05, 0.1) is 5.56 Å². The van der Waals surface area contributed by atoms with Crippen LogP contribution in [-0.2, 0) is 0 Å². The molecule has 1 aliphatic rings. The maximum atomic E-state index is 11.0. The number of hydrogen-bond donors (Lipinski definition) is 3. The Bertz CT molecular complexity index is 924. The predicted molar refractivity (Wildman–Crippen MR) is 101 cm³/mol. The van der Waals surface area contributed by atoms with Crippen molar-refractivity contribution in [3.05, 3.63) is 70.6 Å². The van der Waals surface area contributed by atoms with Crippen molar-refractivity contribution in [3.63, 3.8) is 0 Å². The van der Waals surface area contributed by atoms with Crippen LogP contribution < -0.4 is 5.32 Å². The summed E-state index contributed by atoms with van der Waals surface area (Å²) in [5.41, 5.74) is 4.81. The van der Waals surface area contributed by atoms with Crippen molar-refractivity contribution in [2.75, 3.05) is 11.9 Å². The lowest BCUT2D eigenvalue weighted by atomic mass is 9.94. The van der Waals surface area contributed by atoms with Crippen molar-refractivity contribution < 1.29 is 10.2 Å². The van der Waals surface area contributed by atoms with Crippen LogP contribution in [0.1, 0.15) is 16.0 Å². The van der Waals surface area contributed by atoms with Crippen LogP contribution in [0.3, 0.4) is 0 Å². The van der Waals surface area contributed by atoms with Crippen molar-refractivity contribution >= 4 is 27.7 Å². The zero-order valence-corrected chi connectivity index (χ0v) is 14.0. The van der Waals surface area contributed by atoms with E-state index in [1.165, 1.54) is 4.88 Å². The Balaban J connectivity index is 1.91. The summed E-state index contributed by atoms with van der Waals surface area (Å²) in [6.45, 7) is 2.65. The second-order valence-electron chi connectivity index (χ2n) is 5.83. The molecule has 1 aromatic heterocycles. The maximum Gasteiger partial charge on any atom is 0.131 e. The normalized spacial score (nSPS) is 13.5. The fraction of sp³-hybridized carbons (Fsp3) is 0.100. The lowest BCUT2D eigenvalue weighted by molar-refractivity contribution is 0.475. The van der Waals surface area contributed by atoms with Gasteiger partial charge in [0.25, 0.3) is 0 Å². The van der Waals surface area contributed by atoms with Gasteiger partial charge in [0.1, 0.15) is 16.5 Å². The molecular weight excluding hydrogens is 318 g/mol. The van der Waals surface area contributed by atoms with Gasteiger partial charge in [-0.1, -0.05) is 42.5 Å². The van der Waals surface area contributed by atoms with Gasteiger partial charge in [0.2, 0.25) is 0 Å². The third kappa shape index (κ3) is 2.36. The molecule has 0 atom stereocenters. The Morgan fingerprint density at radius 1 is 0.875 bits per heavy atom. The summed E-state index contributed by atoms with van der Waals surface area (Å²) < 4.78 is 0. The Labute approximate surface area is 144 Å². The van der Waals surface area contributed by atoms with Gasteiger partial charge in [-0.15, -0.1) is 11.3 Å². The molecule has 2 heterocycles. The molecule has 0 spiro atoms. The number of nitrogens with one attached hydrogen (secondary N) is 1. The number of anilines is 1. The summed E-state index contributed by atoms with van der Waals surface area (Å²) in [5.74, 6) is 0.539. The molecule has 1 aliphatic heterocycles. The number of phenolic OH excluding ortho intramolecular Hbond substituents is 1. The molecule has 4 rings (SSSR count). The molecule has 24 heavy (non-hydrogen) atoms. The number of fused-ring (bicyclic) bond motifs is 1. The quantitative estimate of drug-likeness (QED) is 0.597. The average molecular weight is 335 g/mol. The number of aromatic hydroxyl groups is 1. The molecule has 2 aromatic carbocycles. The zero-order chi connectivity index (χ0) is 16.7. The molecular formula is C20H17NO2S. The first kappa shape index (κ1) is 14.8. The number of aliphatic hydroxyl groups is 1. The molecule has 3 N–H and O–H groups in total. The summed E-state index contributed by atoms with van der Waals surface area (Å²) in [6.07, 6.45) is 0. The van der Waals surface area contributed by atoms with Crippen LogP contribution in [0.4, 0.5) is 5.00 Å². The lowest BCUT2D eigenvalue weighted by Gasteiger charge is -2.20. The van der Waals surface area contributed by atoms with Crippen LogP contribution in [0.25, 0.3) is 22.5 Å². The highest BCUT2D eigenvalue weighted by atomic mass is 32.1. The number of benzene rings is 2. The monoisotopic (exact) mass is 335 g/mol. The fourth-order valence-corrected chi connectivity index (χ4v) is 4.23. The summed E-state index contributed by atoms with van der Waals surface area (Å²) in [5, 5.41) is 24.9. The van der Waals surface area contributed by atoms with Crippen LogP contribution in [-0.4, -0.2) is 16.8 Å². The standard InChI is InChI=1S/C20H17NO2S/c1-12-17(14-5-3-2-4-6-14)18-19(23)16(11-21-20(18)24-12)13-7-9-15(22)10-8-13/h2-10,21-23H,11H2,1H3. The van der Waals surface area contributed by atoms with Crippen LogP contribution in [0, 0.1) is 6.92 Å². The number of aryl methyl sites for hydroxylation is 1. The first-order chi connectivity index (χ1) is 11.6. The van der Waals surface area contributed by atoms with Gasteiger partial charge in [0.15, 0.2) is 0 Å². The molecule has 4 heteroatoms. The minimum Gasteiger partial charge on any atom is -0.508 e. The molecule has 0 saturated carbocycles. The molecule has 0 amide bonds. The van der Waals surface area contributed by atoms with Gasteiger partial charge in [-0.25, -0.2) is 0 Å². The highest BCUT2D eigenvalue weighted by Crippen LogP contribution is 2.47. The molecule has 120 valence electrons. The average Bonchev–Trinajstić information content (AvgIpc) is 2.94. The first-order valence-electron chi connectivity index (χ1n) is 7.79. The topological polar surface area (TPSA) is 52.5 Å². The molecule has 0 unspecified atom stereocenters. The van der Waals surface area contributed by atoms with Crippen molar-refractivity contribution in [3.8, 4) is 16.9 Å². The summed E-state index contributed by atoms with van der Waals surface area (Å²) in [6, 6.07) is 17.1. The predicted octanol–water partition coefficient (Wildman–Crippen LogP) is 5.28. The fourth-order valence-electron chi connectivity index (χ4n) is 3.15. The summed E-state index contributed by atoms with van der Waals surface area (Å²) in [7, 11) is 0. The van der Waals surface area contributed by atoms with E-state index in [1.54, 1.807) is 23.5 Å². The van der Waals surface area contributed by atoms with Gasteiger partial charge in [-0.3, -0.25) is 0 Å². The molecule has 0 aliphatic carbocycles. The molecule has 3 nitrogen and oxygen atoms in total. The molecule has 0 bridgehead atoms. The molecule has 0 fully saturated rings. The molecule has 3 aromatic rings. The second kappa shape index (κ2) is 5.73. The summed E-state index contributed by atoms with van der Waals surface area (Å²) >= 11 is 1.67. The van der Waals surface area contributed by atoms with E-state index in [0.717, 1.165) is 32.8 Å². The van der Waals surface area contributed by atoms with E-state index in [4.69, 9.17) is 0 Å². The van der Waals surface area contributed by atoms with Gasteiger partial charge in [-0.2, -0.15) is 0 Å². The highest BCUT2D eigenvalue weighted by Gasteiger charge is 2.26. The minimum atomic E-state index is 0.222. The molecule has 0 saturated heterocycles. The Kier molecular flexibility index (Phi) is 3.54. The van der Waals surface area contributed by atoms with Crippen molar-refractivity contribution in [1.29, 1.82) is 0 Å². The highest BCUT2D eigenvalue weighted by molar-refractivity contribution is 7.17. The van der Waals surface area contributed by atoms with Crippen molar-refractivity contribution in [1.82, 2.24) is 0 Å². The van der Waals surface area contributed by atoms with Crippen molar-refractivity contribution in [2.45, 2.75) is 6.92 Å². The third-order valence-corrected chi connectivity index (χ3v) is 5.37. The van der Waals surface area contributed by atoms with Crippen LogP contribution in [0.2, 0.25) is 0 Å². The van der Waals surface area contributed by atoms with Gasteiger partial charge < -0.3 is 15.5 Å². The van der Waals surface area contributed by atoms with Gasteiger partial charge in [0, 0.05) is 22.6 Å². The lowest BCUT2D eigenvalue weighted by Crippen LogP contribution is -2.12. The number of phenols is 1. The number of rotatable bonds is 2. The van der Waals surface area contributed by atoms with Crippen LogP contribution >= 0.6 is 11.3 Å². The van der Waals surface area contributed by atoms with Crippen LogP contribution in [0.5, 0.6) is 5.75 Å². The largest absolute Gasteiger partial charge is 0.508 e. The number of hydrogen-bond acceptors (Lipinski definition) is 4. The van der Waals surface area contributed by atoms with E-state index in [-0.39, 0.29) is 5.75 Å². The Morgan fingerprint density at radius 2 is 1.58 bits per heavy atom. The SMILES string of the molecule is Cc1sc2c(c1-c1ccccc1)C(O)=C(c1ccc(O)cc1)CN2.